The maximum Gasteiger partial charge on any atom is 0.500 e. The highest BCUT2D eigenvalue weighted by Crippen LogP contribution is 2.48. The average Bonchev–Trinajstić information content (AvgIpc) is 3.49. The van der Waals surface area contributed by atoms with E-state index in [1.54, 1.807) is 14.2 Å². The van der Waals surface area contributed by atoms with Crippen LogP contribution in [0.2, 0.25) is 6.04 Å². The smallest absolute Gasteiger partial charge is 0.377 e. The fraction of sp³-hybridized carbons (Fsp3) is 1.00. The second-order valence-corrected chi connectivity index (χ2v) is 10.7. The standard InChI is InChI=1S/C17H30O5Si/c1-4-23(18-2,19-3)22-17(11-5-7-13-15(9-11)20-13)12-6-8-14-16(10-12)21-14/h11-17H,4-10H2,1-3H3. The van der Waals surface area contributed by atoms with Gasteiger partial charge in [0.15, 0.2) is 0 Å². The lowest BCUT2D eigenvalue weighted by Gasteiger charge is -2.40. The Morgan fingerprint density at radius 2 is 1.39 bits per heavy atom. The van der Waals surface area contributed by atoms with Crippen LogP contribution in [0.5, 0.6) is 0 Å². The molecule has 6 heteroatoms. The van der Waals surface area contributed by atoms with Gasteiger partial charge in [0.25, 0.3) is 0 Å². The Morgan fingerprint density at radius 3 is 1.78 bits per heavy atom. The van der Waals surface area contributed by atoms with Crippen LogP contribution in [0.1, 0.15) is 45.4 Å². The van der Waals surface area contributed by atoms with Gasteiger partial charge in [0.05, 0.1) is 30.5 Å². The van der Waals surface area contributed by atoms with E-state index in [1.165, 1.54) is 25.7 Å². The third-order valence-corrected chi connectivity index (χ3v) is 9.13. The molecule has 0 aromatic rings. The van der Waals surface area contributed by atoms with Gasteiger partial charge in [-0.2, -0.15) is 0 Å². The van der Waals surface area contributed by atoms with E-state index in [0.717, 1.165) is 18.9 Å². The van der Waals surface area contributed by atoms with E-state index >= 15 is 0 Å². The van der Waals surface area contributed by atoms with Crippen molar-refractivity contribution < 1.29 is 22.8 Å². The molecular formula is C17H30O5Si. The van der Waals surface area contributed by atoms with Crippen LogP contribution in [0.25, 0.3) is 0 Å². The Hall–Kier alpha value is 0.0169. The molecule has 2 aliphatic carbocycles. The molecule has 2 saturated heterocycles. The van der Waals surface area contributed by atoms with Crippen molar-refractivity contribution in [3.63, 3.8) is 0 Å². The Kier molecular flexibility index (Phi) is 4.58. The van der Waals surface area contributed by atoms with Crippen LogP contribution < -0.4 is 0 Å². The van der Waals surface area contributed by atoms with E-state index in [1.807, 2.05) is 0 Å². The molecule has 0 radical (unpaired) electrons. The molecule has 132 valence electrons. The molecule has 0 aromatic heterocycles. The number of hydrogen-bond donors (Lipinski definition) is 0. The van der Waals surface area contributed by atoms with Crippen molar-refractivity contribution in [3.8, 4) is 0 Å². The highest BCUT2D eigenvalue weighted by Gasteiger charge is 2.53. The number of ether oxygens (including phenoxy) is 2. The molecule has 0 N–H and O–H groups in total. The third-order valence-electron chi connectivity index (χ3n) is 6.39. The second-order valence-electron chi connectivity index (χ2n) is 7.60. The summed E-state index contributed by atoms with van der Waals surface area (Å²) in [7, 11) is 0.922. The summed E-state index contributed by atoms with van der Waals surface area (Å²) >= 11 is 0. The molecule has 2 heterocycles. The van der Waals surface area contributed by atoms with Gasteiger partial charge >= 0.3 is 8.80 Å². The number of hydrogen-bond acceptors (Lipinski definition) is 5. The van der Waals surface area contributed by atoms with Gasteiger partial charge in [-0.25, -0.2) is 0 Å². The van der Waals surface area contributed by atoms with Crippen molar-refractivity contribution >= 4 is 8.80 Å². The first-order valence-corrected chi connectivity index (χ1v) is 11.2. The van der Waals surface area contributed by atoms with Gasteiger partial charge < -0.3 is 22.8 Å². The Bertz CT molecular complexity index is 393. The van der Waals surface area contributed by atoms with Crippen LogP contribution in [-0.2, 0) is 22.8 Å². The van der Waals surface area contributed by atoms with Crippen molar-refractivity contribution in [1.82, 2.24) is 0 Å². The summed E-state index contributed by atoms with van der Waals surface area (Å²) in [5.74, 6) is 1.14. The number of rotatable bonds is 7. The Balaban J connectivity index is 1.49. The van der Waals surface area contributed by atoms with Gasteiger partial charge in [0.1, 0.15) is 0 Å². The molecule has 2 aliphatic heterocycles. The van der Waals surface area contributed by atoms with Crippen LogP contribution in [0.4, 0.5) is 0 Å². The molecular weight excluding hydrogens is 312 g/mol. The summed E-state index contributed by atoms with van der Waals surface area (Å²) < 4.78 is 29.7. The molecule has 0 spiro atoms. The van der Waals surface area contributed by atoms with E-state index in [0.29, 0.717) is 36.3 Å². The van der Waals surface area contributed by atoms with Gasteiger partial charge in [-0.1, -0.05) is 6.92 Å². The maximum atomic E-state index is 6.68. The van der Waals surface area contributed by atoms with Gasteiger partial charge in [0, 0.05) is 20.3 Å². The molecule has 0 bridgehead atoms. The van der Waals surface area contributed by atoms with Gasteiger partial charge in [0.2, 0.25) is 0 Å². The second kappa shape index (κ2) is 6.39. The Morgan fingerprint density at radius 1 is 0.870 bits per heavy atom. The average molecular weight is 343 g/mol. The first kappa shape index (κ1) is 16.5. The molecule has 6 unspecified atom stereocenters. The largest absolute Gasteiger partial charge is 0.500 e. The minimum Gasteiger partial charge on any atom is -0.377 e. The van der Waals surface area contributed by atoms with Gasteiger partial charge in [-0.3, -0.25) is 0 Å². The predicted molar refractivity (Wildman–Crippen MR) is 87.1 cm³/mol. The predicted octanol–water partition coefficient (Wildman–Crippen LogP) is 2.76. The van der Waals surface area contributed by atoms with Crippen molar-refractivity contribution in [3.05, 3.63) is 0 Å². The van der Waals surface area contributed by atoms with E-state index in [4.69, 9.17) is 22.8 Å². The van der Waals surface area contributed by atoms with Crippen molar-refractivity contribution in [2.75, 3.05) is 14.2 Å². The third kappa shape index (κ3) is 3.26. The zero-order valence-electron chi connectivity index (χ0n) is 14.5. The summed E-state index contributed by atoms with van der Waals surface area (Å²) in [5, 5.41) is 0. The normalized spacial score (nSPS) is 43.4. The molecule has 23 heavy (non-hydrogen) atoms. The lowest BCUT2D eigenvalue weighted by atomic mass is 9.75. The summed E-state index contributed by atoms with van der Waals surface area (Å²) in [6.45, 7) is 2.11. The molecule has 0 amide bonds. The zero-order chi connectivity index (χ0) is 16.0. The maximum absolute atomic E-state index is 6.68. The van der Waals surface area contributed by atoms with Gasteiger partial charge in [-0.15, -0.1) is 0 Å². The Labute approximate surface area is 140 Å². The van der Waals surface area contributed by atoms with Gasteiger partial charge in [-0.05, 0) is 50.4 Å². The highest BCUT2D eigenvalue weighted by atomic mass is 28.4. The molecule has 2 saturated carbocycles. The van der Waals surface area contributed by atoms with E-state index < -0.39 is 8.80 Å². The van der Waals surface area contributed by atoms with Crippen molar-refractivity contribution in [1.29, 1.82) is 0 Å². The van der Waals surface area contributed by atoms with Crippen molar-refractivity contribution in [2.24, 2.45) is 11.8 Å². The summed E-state index contributed by atoms with van der Waals surface area (Å²) in [6, 6.07) is 0.820. The first-order valence-electron chi connectivity index (χ1n) is 9.27. The lowest BCUT2D eigenvalue weighted by Crippen LogP contribution is -2.51. The first-order chi connectivity index (χ1) is 11.2. The van der Waals surface area contributed by atoms with Crippen LogP contribution in [0.15, 0.2) is 0 Å². The van der Waals surface area contributed by atoms with Crippen LogP contribution >= 0.6 is 0 Å². The van der Waals surface area contributed by atoms with E-state index in [9.17, 15) is 0 Å². The van der Waals surface area contributed by atoms with E-state index in [-0.39, 0.29) is 6.10 Å². The van der Waals surface area contributed by atoms with Crippen LogP contribution in [0, 0.1) is 11.8 Å². The topological polar surface area (TPSA) is 52.8 Å². The number of fused-ring (bicyclic) bond motifs is 2. The minimum atomic E-state index is -2.55. The summed E-state index contributed by atoms with van der Waals surface area (Å²) in [6.07, 6.45) is 9.34. The lowest BCUT2D eigenvalue weighted by molar-refractivity contribution is -0.0197. The quantitative estimate of drug-likeness (QED) is 0.526. The molecule has 4 rings (SSSR count). The molecule has 0 aromatic carbocycles. The van der Waals surface area contributed by atoms with E-state index in [2.05, 4.69) is 6.92 Å². The summed E-state index contributed by atoms with van der Waals surface area (Å²) in [5.41, 5.74) is 0. The fourth-order valence-electron chi connectivity index (χ4n) is 4.80. The highest BCUT2D eigenvalue weighted by molar-refractivity contribution is 6.60. The van der Waals surface area contributed by atoms with Crippen LogP contribution in [0.3, 0.4) is 0 Å². The molecule has 5 nitrogen and oxygen atoms in total. The monoisotopic (exact) mass is 342 g/mol. The molecule has 4 fully saturated rings. The summed E-state index contributed by atoms with van der Waals surface area (Å²) in [4.78, 5) is 0. The van der Waals surface area contributed by atoms with Crippen molar-refractivity contribution in [2.45, 2.75) is 82.0 Å². The van der Waals surface area contributed by atoms with Crippen LogP contribution in [-0.4, -0.2) is 53.5 Å². The SMILES string of the molecule is CC[Si](OC)(OC)OC(C1CCC2OC2C1)C1CCC2OC2C1. The number of epoxide rings is 2. The zero-order valence-corrected chi connectivity index (χ0v) is 15.5. The minimum absolute atomic E-state index is 0.233. The fourth-order valence-corrected chi connectivity index (χ4v) is 6.71. The molecule has 6 atom stereocenters. The molecule has 4 aliphatic rings.